The molecular weight excluding hydrogens is 254 g/mol. The smallest absolute Gasteiger partial charge is 0.320 e. The average molecular weight is 270 g/mol. The highest BCUT2D eigenvalue weighted by atomic mass is 35.5. The Bertz CT molecular complexity index is 416. The van der Waals surface area contributed by atoms with Crippen molar-refractivity contribution in [1.82, 2.24) is 9.88 Å². The first kappa shape index (κ1) is 13.1. The number of aromatic nitrogens is 1. The van der Waals surface area contributed by atoms with Gasteiger partial charge in [-0.15, -0.1) is 0 Å². The lowest BCUT2D eigenvalue weighted by atomic mass is 10.2. The van der Waals surface area contributed by atoms with Gasteiger partial charge in [-0.2, -0.15) is 0 Å². The molecule has 2 heterocycles. The molecule has 1 aliphatic heterocycles. The predicted molar refractivity (Wildman–Crippen MR) is 70.1 cm³/mol. The van der Waals surface area contributed by atoms with Crippen LogP contribution in [0.15, 0.2) is 18.3 Å². The molecule has 1 saturated heterocycles. The number of carbonyl (C=O) groups is 1. The van der Waals surface area contributed by atoms with E-state index in [0.29, 0.717) is 5.02 Å². The molecule has 1 aliphatic rings. The highest BCUT2D eigenvalue weighted by molar-refractivity contribution is 6.30. The van der Waals surface area contributed by atoms with Crippen molar-refractivity contribution < 1.29 is 9.90 Å². The van der Waals surface area contributed by atoms with Crippen molar-refractivity contribution >= 4 is 23.4 Å². The van der Waals surface area contributed by atoms with E-state index in [-0.39, 0.29) is 0 Å². The Labute approximate surface area is 111 Å². The van der Waals surface area contributed by atoms with Crippen molar-refractivity contribution in [2.45, 2.75) is 13.0 Å². The number of carboxylic acid groups (broad SMARTS) is 1. The number of rotatable bonds is 3. The number of aliphatic carboxylic acids is 1. The van der Waals surface area contributed by atoms with Gasteiger partial charge in [-0.25, -0.2) is 4.98 Å². The molecule has 0 bridgehead atoms. The monoisotopic (exact) mass is 269 g/mol. The van der Waals surface area contributed by atoms with Crippen molar-refractivity contribution in [3.63, 3.8) is 0 Å². The van der Waals surface area contributed by atoms with Gasteiger partial charge in [-0.1, -0.05) is 11.6 Å². The van der Waals surface area contributed by atoms with Gasteiger partial charge < -0.3 is 10.0 Å². The fourth-order valence-corrected chi connectivity index (χ4v) is 2.16. The van der Waals surface area contributed by atoms with E-state index in [1.165, 1.54) is 0 Å². The summed E-state index contributed by atoms with van der Waals surface area (Å²) in [7, 11) is 0. The lowest BCUT2D eigenvalue weighted by Gasteiger charge is -2.37. The quantitative estimate of drug-likeness (QED) is 0.897. The van der Waals surface area contributed by atoms with Crippen LogP contribution < -0.4 is 4.90 Å². The van der Waals surface area contributed by atoms with Crippen LogP contribution in [0.1, 0.15) is 6.92 Å². The second kappa shape index (κ2) is 5.54. The maximum atomic E-state index is 10.9. The summed E-state index contributed by atoms with van der Waals surface area (Å²) in [6, 6.07) is 3.28. The lowest BCUT2D eigenvalue weighted by molar-refractivity contribution is -0.142. The summed E-state index contributed by atoms with van der Waals surface area (Å²) in [5, 5.41) is 9.59. The Morgan fingerprint density at radius 3 is 2.56 bits per heavy atom. The van der Waals surface area contributed by atoms with Crippen molar-refractivity contribution in [2.75, 3.05) is 31.1 Å². The minimum Gasteiger partial charge on any atom is -0.480 e. The van der Waals surface area contributed by atoms with Gasteiger partial charge in [0.1, 0.15) is 11.9 Å². The number of nitrogens with zero attached hydrogens (tertiary/aromatic N) is 3. The van der Waals surface area contributed by atoms with Crippen LogP contribution in [0.25, 0.3) is 0 Å². The molecule has 6 heteroatoms. The summed E-state index contributed by atoms with van der Waals surface area (Å²) in [5.41, 5.74) is 0. The van der Waals surface area contributed by atoms with Gasteiger partial charge in [0.05, 0.1) is 5.02 Å². The van der Waals surface area contributed by atoms with Gasteiger partial charge in [0.25, 0.3) is 0 Å². The second-order valence-corrected chi connectivity index (χ2v) is 4.81. The van der Waals surface area contributed by atoms with Crippen LogP contribution in [0.4, 0.5) is 5.82 Å². The summed E-state index contributed by atoms with van der Waals surface area (Å²) in [4.78, 5) is 19.3. The third-order valence-electron chi connectivity index (χ3n) is 3.26. The molecule has 5 nitrogen and oxygen atoms in total. The molecule has 1 aromatic heterocycles. The molecule has 1 aromatic rings. The number of hydrogen-bond acceptors (Lipinski definition) is 4. The summed E-state index contributed by atoms with van der Waals surface area (Å²) in [5.74, 6) is 0.120. The molecule has 98 valence electrons. The third-order valence-corrected chi connectivity index (χ3v) is 3.48. The first-order chi connectivity index (χ1) is 8.58. The minimum atomic E-state index is -0.770. The van der Waals surface area contributed by atoms with Crippen LogP contribution in [0.2, 0.25) is 5.02 Å². The largest absolute Gasteiger partial charge is 0.480 e. The highest BCUT2D eigenvalue weighted by Crippen LogP contribution is 2.16. The Balaban J connectivity index is 1.94. The van der Waals surface area contributed by atoms with Gasteiger partial charge in [-0.05, 0) is 19.1 Å². The maximum Gasteiger partial charge on any atom is 0.320 e. The summed E-state index contributed by atoms with van der Waals surface area (Å²) >= 11 is 5.80. The zero-order valence-corrected chi connectivity index (χ0v) is 11.0. The number of anilines is 1. The Morgan fingerprint density at radius 2 is 2.06 bits per heavy atom. The number of piperazine rings is 1. The number of halogens is 1. The van der Waals surface area contributed by atoms with Gasteiger partial charge in [-0.3, -0.25) is 9.69 Å². The molecule has 0 unspecified atom stereocenters. The molecule has 1 atom stereocenters. The van der Waals surface area contributed by atoms with Crippen molar-refractivity contribution in [2.24, 2.45) is 0 Å². The van der Waals surface area contributed by atoms with E-state index in [2.05, 4.69) is 9.88 Å². The van der Waals surface area contributed by atoms with Crippen molar-refractivity contribution in [3.05, 3.63) is 23.4 Å². The zero-order valence-electron chi connectivity index (χ0n) is 10.2. The van der Waals surface area contributed by atoms with Gasteiger partial charge in [0, 0.05) is 32.4 Å². The summed E-state index contributed by atoms with van der Waals surface area (Å²) < 4.78 is 0. The molecule has 1 fully saturated rings. The van der Waals surface area contributed by atoms with E-state index in [1.807, 2.05) is 17.0 Å². The summed E-state index contributed by atoms with van der Waals surface area (Å²) in [6.45, 7) is 4.76. The van der Waals surface area contributed by atoms with Crippen LogP contribution in [0, 0.1) is 0 Å². The molecule has 1 N–H and O–H groups in total. The van der Waals surface area contributed by atoms with E-state index >= 15 is 0 Å². The fraction of sp³-hybridized carbons (Fsp3) is 0.500. The molecule has 0 spiro atoms. The molecule has 0 radical (unpaired) electrons. The Kier molecular flexibility index (Phi) is 4.04. The van der Waals surface area contributed by atoms with Crippen LogP contribution in [0.3, 0.4) is 0 Å². The first-order valence-electron chi connectivity index (χ1n) is 5.91. The fourth-order valence-electron chi connectivity index (χ4n) is 2.05. The molecule has 2 rings (SSSR count). The van der Waals surface area contributed by atoms with Gasteiger partial charge in [0.2, 0.25) is 0 Å². The van der Waals surface area contributed by atoms with Crippen LogP contribution in [-0.4, -0.2) is 53.2 Å². The van der Waals surface area contributed by atoms with E-state index in [1.54, 1.807) is 13.1 Å². The molecule has 0 saturated carbocycles. The highest BCUT2D eigenvalue weighted by Gasteiger charge is 2.25. The SMILES string of the molecule is C[C@@H](C(=O)O)N1CCN(c2ccc(Cl)cn2)CC1. The lowest BCUT2D eigenvalue weighted by Crippen LogP contribution is -2.51. The van der Waals surface area contributed by atoms with E-state index in [4.69, 9.17) is 16.7 Å². The third kappa shape index (κ3) is 2.91. The molecular formula is C12H16ClN3O2. The zero-order chi connectivity index (χ0) is 13.1. The average Bonchev–Trinajstić information content (AvgIpc) is 2.39. The predicted octanol–water partition coefficient (Wildman–Crippen LogP) is 1.33. The van der Waals surface area contributed by atoms with Crippen LogP contribution in [-0.2, 0) is 4.79 Å². The van der Waals surface area contributed by atoms with E-state index in [9.17, 15) is 4.79 Å². The standard InChI is InChI=1S/C12H16ClN3O2/c1-9(12(17)18)15-4-6-16(7-5-15)11-3-2-10(13)8-14-11/h2-3,8-9H,4-7H2,1H3,(H,17,18)/t9-/m0/s1. The Hall–Kier alpha value is -1.33. The normalized spacial score (nSPS) is 18.7. The van der Waals surface area contributed by atoms with E-state index < -0.39 is 12.0 Å². The van der Waals surface area contributed by atoms with Crippen LogP contribution in [0.5, 0.6) is 0 Å². The van der Waals surface area contributed by atoms with Crippen molar-refractivity contribution in [1.29, 1.82) is 0 Å². The first-order valence-corrected chi connectivity index (χ1v) is 6.29. The Morgan fingerprint density at radius 1 is 1.39 bits per heavy atom. The van der Waals surface area contributed by atoms with Gasteiger partial charge in [0.15, 0.2) is 0 Å². The number of carboxylic acids is 1. The number of pyridine rings is 1. The molecule has 0 amide bonds. The number of hydrogen-bond donors (Lipinski definition) is 1. The minimum absolute atomic E-state index is 0.426. The topological polar surface area (TPSA) is 56.7 Å². The molecule has 0 aromatic carbocycles. The van der Waals surface area contributed by atoms with Crippen LogP contribution >= 0.6 is 11.6 Å². The van der Waals surface area contributed by atoms with Gasteiger partial charge >= 0.3 is 5.97 Å². The van der Waals surface area contributed by atoms with Crippen molar-refractivity contribution in [3.8, 4) is 0 Å². The second-order valence-electron chi connectivity index (χ2n) is 4.37. The van der Waals surface area contributed by atoms with E-state index in [0.717, 1.165) is 32.0 Å². The molecule has 0 aliphatic carbocycles. The maximum absolute atomic E-state index is 10.9. The molecule has 18 heavy (non-hydrogen) atoms. The summed E-state index contributed by atoms with van der Waals surface area (Å²) in [6.07, 6.45) is 1.63.